The third-order valence-corrected chi connectivity index (χ3v) is 6.83. The van der Waals surface area contributed by atoms with E-state index in [-0.39, 0.29) is 10.8 Å². The van der Waals surface area contributed by atoms with Crippen molar-refractivity contribution in [2.45, 2.75) is 50.8 Å². The summed E-state index contributed by atoms with van der Waals surface area (Å²) in [5, 5.41) is 4.09. The zero-order chi connectivity index (χ0) is 21.9. The molecule has 1 aromatic carbocycles. The van der Waals surface area contributed by atoms with Gasteiger partial charge in [-0.25, -0.2) is 12.8 Å². The van der Waals surface area contributed by atoms with Gasteiger partial charge in [0.15, 0.2) is 9.84 Å². The van der Waals surface area contributed by atoms with Crippen LogP contribution in [-0.2, 0) is 9.84 Å². The van der Waals surface area contributed by atoms with E-state index in [1.54, 1.807) is 0 Å². The third kappa shape index (κ3) is 5.50. The van der Waals surface area contributed by atoms with Gasteiger partial charge < -0.3 is 14.2 Å². The van der Waals surface area contributed by atoms with Gasteiger partial charge in [0.05, 0.1) is 6.61 Å². The van der Waals surface area contributed by atoms with E-state index in [0.717, 1.165) is 44.7 Å². The lowest BCUT2D eigenvalue weighted by Crippen LogP contribution is -2.36. The summed E-state index contributed by atoms with van der Waals surface area (Å²) in [7, 11) is -3.58. The lowest BCUT2D eigenvalue weighted by molar-refractivity contribution is 0.222. The van der Waals surface area contributed by atoms with Crippen LogP contribution in [0.2, 0.25) is 0 Å². The number of rotatable bonds is 8. The molecule has 0 bridgehead atoms. The van der Waals surface area contributed by atoms with Crippen LogP contribution >= 0.6 is 0 Å². The highest BCUT2D eigenvalue weighted by Crippen LogP contribution is 2.29. The van der Waals surface area contributed by atoms with Gasteiger partial charge in [-0.15, -0.1) is 0 Å². The SMILES string of the molecule is CC(C)c1nc(N2CCC(C(C)CCOc3ccc(S(C)(=O)=O)c(F)c3)CC2)no1. The van der Waals surface area contributed by atoms with Crippen LogP contribution in [0.5, 0.6) is 5.75 Å². The first-order valence-corrected chi connectivity index (χ1v) is 12.2. The molecule has 1 saturated heterocycles. The van der Waals surface area contributed by atoms with Crippen LogP contribution in [0.3, 0.4) is 0 Å². The first-order chi connectivity index (χ1) is 14.1. The summed E-state index contributed by atoms with van der Waals surface area (Å²) in [5.74, 6) is 2.16. The summed E-state index contributed by atoms with van der Waals surface area (Å²) in [5.41, 5.74) is 0. The second kappa shape index (κ2) is 9.32. The molecule has 0 amide bonds. The Morgan fingerprint density at radius 2 is 1.97 bits per heavy atom. The zero-order valence-electron chi connectivity index (χ0n) is 18.0. The first kappa shape index (κ1) is 22.5. The number of aromatic nitrogens is 2. The van der Waals surface area contributed by atoms with Crippen molar-refractivity contribution in [1.29, 1.82) is 0 Å². The van der Waals surface area contributed by atoms with Crippen molar-refractivity contribution in [3.8, 4) is 5.75 Å². The van der Waals surface area contributed by atoms with Crippen LogP contribution in [0.4, 0.5) is 10.3 Å². The van der Waals surface area contributed by atoms with Crippen LogP contribution in [0.25, 0.3) is 0 Å². The van der Waals surface area contributed by atoms with Crippen molar-refractivity contribution in [2.24, 2.45) is 11.8 Å². The number of ether oxygens (including phenoxy) is 1. The zero-order valence-corrected chi connectivity index (χ0v) is 18.8. The highest BCUT2D eigenvalue weighted by Gasteiger charge is 2.26. The molecule has 3 rings (SSSR count). The Balaban J connectivity index is 1.45. The molecular weight excluding hydrogens is 409 g/mol. The van der Waals surface area contributed by atoms with E-state index < -0.39 is 15.7 Å². The number of sulfone groups is 1. The van der Waals surface area contributed by atoms with Gasteiger partial charge in [-0.2, -0.15) is 4.98 Å². The molecule has 2 aromatic rings. The maximum atomic E-state index is 14.0. The molecule has 1 fully saturated rings. The Bertz CT molecular complexity index is 953. The molecule has 0 spiro atoms. The van der Waals surface area contributed by atoms with Gasteiger partial charge in [0, 0.05) is 31.3 Å². The maximum absolute atomic E-state index is 14.0. The molecule has 0 saturated carbocycles. The number of halogens is 1. The Morgan fingerprint density at radius 3 is 2.53 bits per heavy atom. The molecule has 9 heteroatoms. The molecule has 0 aliphatic carbocycles. The topological polar surface area (TPSA) is 85.5 Å². The third-order valence-electron chi connectivity index (χ3n) is 5.70. The van der Waals surface area contributed by atoms with Gasteiger partial charge in [0.2, 0.25) is 5.89 Å². The van der Waals surface area contributed by atoms with E-state index in [9.17, 15) is 12.8 Å². The lowest BCUT2D eigenvalue weighted by atomic mass is 9.84. The van der Waals surface area contributed by atoms with Crippen molar-refractivity contribution in [3.05, 3.63) is 29.9 Å². The molecule has 2 heterocycles. The summed E-state index contributed by atoms with van der Waals surface area (Å²) in [6.45, 7) is 8.52. The second-order valence-corrected chi connectivity index (χ2v) is 10.4. The summed E-state index contributed by atoms with van der Waals surface area (Å²) in [6.07, 6.45) is 3.93. The molecule has 1 aliphatic heterocycles. The number of hydrogen-bond donors (Lipinski definition) is 0. The molecule has 7 nitrogen and oxygen atoms in total. The molecule has 0 radical (unpaired) electrons. The molecule has 1 aromatic heterocycles. The van der Waals surface area contributed by atoms with E-state index in [0.29, 0.717) is 36.0 Å². The fourth-order valence-corrected chi connectivity index (χ4v) is 4.46. The molecule has 1 atom stereocenters. The maximum Gasteiger partial charge on any atom is 0.266 e. The van der Waals surface area contributed by atoms with Gasteiger partial charge in [-0.05, 0) is 48.4 Å². The Morgan fingerprint density at radius 1 is 1.27 bits per heavy atom. The quantitative estimate of drug-likeness (QED) is 0.613. The predicted octanol–water partition coefficient (Wildman–Crippen LogP) is 4.06. The van der Waals surface area contributed by atoms with Crippen molar-refractivity contribution in [1.82, 2.24) is 10.1 Å². The summed E-state index contributed by atoms with van der Waals surface area (Å²) in [4.78, 5) is 6.33. The number of piperidine rings is 1. The molecule has 1 aliphatic rings. The molecule has 30 heavy (non-hydrogen) atoms. The van der Waals surface area contributed by atoms with Crippen molar-refractivity contribution < 1.29 is 22.1 Å². The van der Waals surface area contributed by atoms with E-state index >= 15 is 0 Å². The van der Waals surface area contributed by atoms with E-state index in [4.69, 9.17) is 9.26 Å². The lowest BCUT2D eigenvalue weighted by Gasteiger charge is -2.34. The molecular formula is C21H30FN3O4S. The van der Waals surface area contributed by atoms with E-state index in [2.05, 4.69) is 22.0 Å². The van der Waals surface area contributed by atoms with Gasteiger partial charge in [0.1, 0.15) is 16.5 Å². The standard InChI is InChI=1S/C21H30FN3O4S/c1-14(2)20-23-21(24-29-20)25-10-7-16(8-11-25)15(3)9-12-28-17-5-6-19(18(22)13-17)30(4,26)27/h5-6,13-16H,7-12H2,1-4H3. The first-order valence-electron chi connectivity index (χ1n) is 10.4. The van der Waals surface area contributed by atoms with Gasteiger partial charge in [0.25, 0.3) is 5.95 Å². The Kier molecular flexibility index (Phi) is 7.00. The van der Waals surface area contributed by atoms with Crippen molar-refractivity contribution in [2.75, 3.05) is 30.9 Å². The molecule has 166 valence electrons. The predicted molar refractivity (Wildman–Crippen MR) is 112 cm³/mol. The molecule has 0 N–H and O–H groups in total. The minimum absolute atomic E-state index is 0.222. The highest BCUT2D eigenvalue weighted by molar-refractivity contribution is 7.90. The number of anilines is 1. The smallest absolute Gasteiger partial charge is 0.266 e. The van der Waals surface area contributed by atoms with Crippen LogP contribution in [0, 0.1) is 17.7 Å². The number of hydrogen-bond acceptors (Lipinski definition) is 7. The van der Waals surface area contributed by atoms with E-state index in [1.165, 1.54) is 12.1 Å². The van der Waals surface area contributed by atoms with Crippen LogP contribution in [0.1, 0.15) is 51.8 Å². The fourth-order valence-electron chi connectivity index (χ4n) is 3.73. The van der Waals surface area contributed by atoms with Gasteiger partial charge in [-0.1, -0.05) is 20.8 Å². The highest BCUT2D eigenvalue weighted by atomic mass is 32.2. The Labute approximate surface area is 177 Å². The van der Waals surface area contributed by atoms with Crippen LogP contribution in [-0.4, -0.2) is 44.5 Å². The summed E-state index contributed by atoms with van der Waals surface area (Å²) in [6, 6.07) is 3.89. The largest absolute Gasteiger partial charge is 0.493 e. The fraction of sp³-hybridized carbons (Fsp3) is 0.619. The number of nitrogens with zero attached hydrogens (tertiary/aromatic N) is 3. The van der Waals surface area contributed by atoms with Crippen molar-refractivity contribution in [3.63, 3.8) is 0 Å². The van der Waals surface area contributed by atoms with Crippen LogP contribution in [0.15, 0.2) is 27.6 Å². The average molecular weight is 440 g/mol. The van der Waals surface area contributed by atoms with Crippen LogP contribution < -0.4 is 9.64 Å². The summed E-state index contributed by atoms with van der Waals surface area (Å²) >= 11 is 0. The molecule has 1 unspecified atom stereocenters. The van der Waals surface area contributed by atoms with Gasteiger partial charge in [-0.3, -0.25) is 0 Å². The average Bonchev–Trinajstić information content (AvgIpc) is 3.18. The van der Waals surface area contributed by atoms with Gasteiger partial charge >= 0.3 is 0 Å². The normalized spacial score (nSPS) is 16.8. The minimum Gasteiger partial charge on any atom is -0.493 e. The Hall–Kier alpha value is -2.16. The summed E-state index contributed by atoms with van der Waals surface area (Å²) < 4.78 is 47.9. The number of benzene rings is 1. The monoisotopic (exact) mass is 439 g/mol. The second-order valence-electron chi connectivity index (χ2n) is 8.39. The minimum atomic E-state index is -3.58. The van der Waals surface area contributed by atoms with E-state index in [1.807, 2.05) is 13.8 Å². The van der Waals surface area contributed by atoms with Crippen molar-refractivity contribution >= 4 is 15.8 Å².